The predicted molar refractivity (Wildman–Crippen MR) is 80.3 cm³/mol. The number of nitrogens with one attached hydrogen (secondary N) is 1. The number of pyridine rings is 1. The number of unbranched alkanes of at least 4 members (excludes halogenated alkanes) is 3. The van der Waals surface area contributed by atoms with Gasteiger partial charge in [0.05, 0.1) is 5.69 Å². The van der Waals surface area contributed by atoms with E-state index in [1.54, 1.807) is 0 Å². The van der Waals surface area contributed by atoms with Gasteiger partial charge in [-0.15, -0.1) is 0 Å². The molecule has 1 heterocycles. The van der Waals surface area contributed by atoms with Crippen molar-refractivity contribution in [3.05, 3.63) is 20.4 Å². The number of halogens is 4. The molecular weight excluding hydrogens is 316 g/mol. The summed E-state index contributed by atoms with van der Waals surface area (Å²) in [5, 5.41) is 4.03. The topological polar surface area (TPSA) is 50.9 Å². The summed E-state index contributed by atoms with van der Waals surface area (Å²) in [6.07, 6.45) is 4.28. The quantitative estimate of drug-likeness (QED) is 0.566. The summed E-state index contributed by atoms with van der Waals surface area (Å²) < 4.78 is 0. The van der Waals surface area contributed by atoms with Gasteiger partial charge in [-0.3, -0.25) is 0 Å². The first-order valence-corrected chi connectivity index (χ1v) is 7.23. The van der Waals surface area contributed by atoms with Crippen LogP contribution in [0.5, 0.6) is 0 Å². The number of aromatic nitrogens is 1. The van der Waals surface area contributed by atoms with E-state index >= 15 is 0 Å². The Labute approximate surface area is 127 Å². The van der Waals surface area contributed by atoms with Crippen LogP contribution in [-0.2, 0) is 0 Å². The first-order chi connectivity index (χ1) is 8.57. The molecule has 0 saturated heterocycles. The van der Waals surface area contributed by atoms with Crippen LogP contribution >= 0.6 is 46.4 Å². The molecule has 0 radical (unpaired) electrons. The van der Waals surface area contributed by atoms with Crippen molar-refractivity contribution in [2.45, 2.75) is 25.7 Å². The van der Waals surface area contributed by atoms with E-state index in [4.69, 9.17) is 52.1 Å². The van der Waals surface area contributed by atoms with Gasteiger partial charge in [0.15, 0.2) is 10.3 Å². The van der Waals surface area contributed by atoms with E-state index in [0.29, 0.717) is 15.7 Å². The van der Waals surface area contributed by atoms with Gasteiger partial charge in [-0.1, -0.05) is 59.2 Å². The zero-order valence-electron chi connectivity index (χ0n) is 9.78. The number of nitrogens with zero attached hydrogens (tertiary/aromatic N) is 1. The van der Waals surface area contributed by atoms with Gasteiger partial charge < -0.3 is 11.1 Å². The highest BCUT2D eigenvalue weighted by Crippen LogP contribution is 2.38. The molecule has 1 rings (SSSR count). The SMILES string of the molecule is NCCCCCCNc1c(Cl)c(Cl)nc(Cl)c1Cl. The summed E-state index contributed by atoms with van der Waals surface area (Å²) in [6.45, 7) is 1.49. The fourth-order valence-electron chi connectivity index (χ4n) is 1.48. The standard InChI is InChI=1S/C11H15Cl4N3/c12-7-9(8(13)11(15)18-10(7)14)17-6-4-2-1-3-5-16/h1-6,16H2,(H,17,18). The summed E-state index contributed by atoms with van der Waals surface area (Å²) in [4.78, 5) is 3.82. The highest BCUT2D eigenvalue weighted by molar-refractivity contribution is 6.48. The van der Waals surface area contributed by atoms with Crippen molar-refractivity contribution >= 4 is 52.1 Å². The Balaban J connectivity index is 2.52. The van der Waals surface area contributed by atoms with Crippen LogP contribution in [0.4, 0.5) is 5.69 Å². The molecule has 0 unspecified atom stereocenters. The van der Waals surface area contributed by atoms with E-state index in [9.17, 15) is 0 Å². The van der Waals surface area contributed by atoms with Crippen molar-refractivity contribution in [3.8, 4) is 0 Å². The van der Waals surface area contributed by atoms with Gasteiger partial charge >= 0.3 is 0 Å². The molecule has 3 N–H and O–H groups in total. The van der Waals surface area contributed by atoms with Crippen LogP contribution in [-0.4, -0.2) is 18.1 Å². The molecule has 3 nitrogen and oxygen atoms in total. The minimum absolute atomic E-state index is 0.150. The highest BCUT2D eigenvalue weighted by Gasteiger charge is 2.14. The summed E-state index contributed by atoms with van der Waals surface area (Å²) >= 11 is 23.7. The average Bonchev–Trinajstić information content (AvgIpc) is 2.35. The summed E-state index contributed by atoms with van der Waals surface area (Å²) in [6, 6.07) is 0. The second-order valence-corrected chi connectivity index (χ2v) is 5.30. The summed E-state index contributed by atoms with van der Waals surface area (Å²) in [7, 11) is 0. The third kappa shape index (κ3) is 4.63. The number of nitrogens with two attached hydrogens (primary N) is 1. The first-order valence-electron chi connectivity index (χ1n) is 5.71. The maximum absolute atomic E-state index is 6.02. The number of anilines is 1. The molecule has 0 amide bonds. The van der Waals surface area contributed by atoms with Crippen LogP contribution in [0.1, 0.15) is 25.7 Å². The van der Waals surface area contributed by atoms with Crippen molar-refractivity contribution in [2.24, 2.45) is 5.73 Å². The molecule has 0 bridgehead atoms. The molecule has 1 aromatic heterocycles. The largest absolute Gasteiger partial charge is 0.382 e. The van der Waals surface area contributed by atoms with E-state index in [1.165, 1.54) is 0 Å². The van der Waals surface area contributed by atoms with Gasteiger partial charge in [0, 0.05) is 6.54 Å². The fraction of sp³-hybridized carbons (Fsp3) is 0.545. The van der Waals surface area contributed by atoms with Crippen LogP contribution in [0.3, 0.4) is 0 Å². The highest BCUT2D eigenvalue weighted by atomic mass is 35.5. The molecular formula is C11H15Cl4N3. The maximum Gasteiger partial charge on any atom is 0.151 e. The normalized spacial score (nSPS) is 10.7. The van der Waals surface area contributed by atoms with Crippen LogP contribution in [0.2, 0.25) is 20.4 Å². The van der Waals surface area contributed by atoms with Crippen LogP contribution in [0.15, 0.2) is 0 Å². The van der Waals surface area contributed by atoms with Gasteiger partial charge in [-0.25, -0.2) is 4.98 Å². The van der Waals surface area contributed by atoms with Crippen molar-refractivity contribution in [1.29, 1.82) is 0 Å². The summed E-state index contributed by atoms with van der Waals surface area (Å²) in [5.41, 5.74) is 5.96. The Morgan fingerprint density at radius 3 is 2.00 bits per heavy atom. The molecule has 0 aliphatic rings. The van der Waals surface area contributed by atoms with Crippen LogP contribution in [0.25, 0.3) is 0 Å². The van der Waals surface area contributed by atoms with Crippen molar-refractivity contribution in [1.82, 2.24) is 4.98 Å². The van der Waals surface area contributed by atoms with Gasteiger partial charge in [-0.2, -0.15) is 0 Å². The molecule has 0 aliphatic heterocycles. The maximum atomic E-state index is 6.02. The Bertz CT molecular complexity index is 372. The molecule has 0 aromatic carbocycles. The van der Waals surface area contributed by atoms with E-state index in [0.717, 1.165) is 38.8 Å². The molecule has 102 valence electrons. The van der Waals surface area contributed by atoms with Crippen molar-refractivity contribution in [2.75, 3.05) is 18.4 Å². The Morgan fingerprint density at radius 2 is 1.44 bits per heavy atom. The van der Waals surface area contributed by atoms with Crippen LogP contribution in [0, 0.1) is 0 Å². The van der Waals surface area contributed by atoms with Crippen LogP contribution < -0.4 is 11.1 Å². The van der Waals surface area contributed by atoms with E-state index in [2.05, 4.69) is 10.3 Å². The Kier molecular flexibility index (Phi) is 7.42. The molecule has 0 aliphatic carbocycles. The van der Waals surface area contributed by atoms with E-state index in [1.807, 2.05) is 0 Å². The molecule has 0 fully saturated rings. The molecule has 7 heteroatoms. The third-order valence-electron chi connectivity index (χ3n) is 2.43. The molecule has 0 atom stereocenters. The predicted octanol–water partition coefficient (Wildman–Crippen LogP) is 4.63. The minimum atomic E-state index is 0.150. The Morgan fingerprint density at radius 1 is 0.889 bits per heavy atom. The smallest absolute Gasteiger partial charge is 0.151 e. The first kappa shape index (κ1) is 16.1. The zero-order chi connectivity index (χ0) is 13.5. The number of hydrogen-bond donors (Lipinski definition) is 2. The lowest BCUT2D eigenvalue weighted by molar-refractivity contribution is 0.661. The Hall–Kier alpha value is 0.0700. The average molecular weight is 331 g/mol. The third-order valence-corrected chi connectivity index (χ3v) is 3.91. The lowest BCUT2D eigenvalue weighted by atomic mass is 10.2. The monoisotopic (exact) mass is 329 g/mol. The van der Waals surface area contributed by atoms with Crippen molar-refractivity contribution < 1.29 is 0 Å². The molecule has 0 spiro atoms. The minimum Gasteiger partial charge on any atom is -0.382 e. The van der Waals surface area contributed by atoms with Crippen molar-refractivity contribution in [3.63, 3.8) is 0 Å². The van der Waals surface area contributed by atoms with Gasteiger partial charge in [0.1, 0.15) is 10.0 Å². The van der Waals surface area contributed by atoms with E-state index in [-0.39, 0.29) is 10.3 Å². The molecule has 18 heavy (non-hydrogen) atoms. The molecule has 0 saturated carbocycles. The van der Waals surface area contributed by atoms with Gasteiger partial charge in [-0.05, 0) is 19.4 Å². The lowest BCUT2D eigenvalue weighted by Gasteiger charge is -2.11. The second kappa shape index (κ2) is 8.28. The number of rotatable bonds is 7. The lowest BCUT2D eigenvalue weighted by Crippen LogP contribution is -2.04. The summed E-state index contributed by atoms with van der Waals surface area (Å²) in [5.74, 6) is 0. The second-order valence-electron chi connectivity index (χ2n) is 3.83. The van der Waals surface area contributed by atoms with E-state index < -0.39 is 0 Å². The molecule has 1 aromatic rings. The van der Waals surface area contributed by atoms with Gasteiger partial charge in [0.25, 0.3) is 0 Å². The zero-order valence-corrected chi connectivity index (χ0v) is 12.8. The van der Waals surface area contributed by atoms with Gasteiger partial charge in [0.2, 0.25) is 0 Å². The fourth-order valence-corrected chi connectivity index (χ4v) is 2.34. The number of hydrogen-bond acceptors (Lipinski definition) is 3.